The molecular formula is C24H23N5O. The Kier molecular flexibility index (Phi) is 3.81. The summed E-state index contributed by atoms with van der Waals surface area (Å²) in [4.78, 5) is 26.2. The van der Waals surface area contributed by atoms with E-state index in [1.54, 1.807) is 4.90 Å². The van der Waals surface area contributed by atoms with Crippen molar-refractivity contribution in [3.63, 3.8) is 0 Å². The first-order valence-corrected chi connectivity index (χ1v) is 10.5. The van der Waals surface area contributed by atoms with E-state index in [-0.39, 0.29) is 5.91 Å². The molecule has 1 aromatic carbocycles. The van der Waals surface area contributed by atoms with Crippen LogP contribution >= 0.6 is 0 Å². The van der Waals surface area contributed by atoms with Gasteiger partial charge in [-0.05, 0) is 37.0 Å². The van der Waals surface area contributed by atoms with Gasteiger partial charge in [0.15, 0.2) is 0 Å². The first kappa shape index (κ1) is 17.4. The van der Waals surface area contributed by atoms with E-state index >= 15 is 0 Å². The number of aromatic nitrogens is 2. The molecule has 0 N–H and O–H groups in total. The number of aliphatic imine (C=N–C) groups is 1. The van der Waals surface area contributed by atoms with Crippen LogP contribution in [-0.2, 0) is 6.54 Å². The predicted molar refractivity (Wildman–Crippen MR) is 117 cm³/mol. The van der Waals surface area contributed by atoms with Crippen molar-refractivity contribution in [2.45, 2.75) is 37.9 Å². The van der Waals surface area contributed by atoms with Crippen molar-refractivity contribution in [3.8, 4) is 11.3 Å². The van der Waals surface area contributed by atoms with Crippen LogP contribution in [0.2, 0.25) is 0 Å². The monoisotopic (exact) mass is 397 g/mol. The van der Waals surface area contributed by atoms with Crippen molar-refractivity contribution in [1.29, 1.82) is 0 Å². The van der Waals surface area contributed by atoms with E-state index in [2.05, 4.69) is 44.9 Å². The van der Waals surface area contributed by atoms with Gasteiger partial charge in [-0.15, -0.1) is 0 Å². The number of anilines is 1. The van der Waals surface area contributed by atoms with Gasteiger partial charge in [-0.3, -0.25) is 14.7 Å². The van der Waals surface area contributed by atoms with Crippen LogP contribution in [0, 0.1) is 0 Å². The van der Waals surface area contributed by atoms with Gasteiger partial charge in [0.2, 0.25) is 5.96 Å². The summed E-state index contributed by atoms with van der Waals surface area (Å²) in [6.07, 6.45) is 9.37. The summed E-state index contributed by atoms with van der Waals surface area (Å²) < 4.78 is 2.12. The Morgan fingerprint density at radius 1 is 1.07 bits per heavy atom. The van der Waals surface area contributed by atoms with E-state index in [4.69, 9.17) is 4.99 Å². The van der Waals surface area contributed by atoms with Gasteiger partial charge in [-0.2, -0.15) is 0 Å². The lowest BCUT2D eigenvalue weighted by atomic mass is 10.1. The molecule has 6 rings (SSSR count). The zero-order valence-electron chi connectivity index (χ0n) is 16.9. The third kappa shape index (κ3) is 2.60. The van der Waals surface area contributed by atoms with Crippen molar-refractivity contribution in [2.75, 3.05) is 11.9 Å². The fraction of sp³-hybridized carbons (Fsp3) is 0.292. The second-order valence-corrected chi connectivity index (χ2v) is 8.37. The molecule has 1 aliphatic carbocycles. The smallest absolute Gasteiger partial charge is 0.263 e. The molecular weight excluding hydrogens is 374 g/mol. The maximum atomic E-state index is 12.9. The van der Waals surface area contributed by atoms with Crippen LogP contribution in [0.4, 0.5) is 5.69 Å². The maximum absolute atomic E-state index is 12.9. The number of pyridine rings is 1. The summed E-state index contributed by atoms with van der Waals surface area (Å²) in [5.74, 6) is 0.851. The number of nitrogens with zero attached hydrogens (tertiary/aromatic N) is 5. The molecule has 6 nitrogen and oxygen atoms in total. The standard InChI is InChI=1S/C24H23N5O/c1-27-23(30)18-14-28(15-22(18)29-21-7-4-6-20(21)26-24(27)29)13-16-8-10-17(11-9-16)19-5-2-3-12-25-19/h2-3,5,8-12,14-15,20-21H,4,6-7,13H2,1H3/t20-,21+/m1/s1. The normalized spacial score (nSPS) is 22.0. The molecule has 0 unspecified atom stereocenters. The highest BCUT2D eigenvalue weighted by Crippen LogP contribution is 2.41. The molecule has 2 aliphatic heterocycles. The SMILES string of the molecule is CN1C(=O)c2cn(Cc3ccc(-c4ccccn4)cc3)cc2N2C1=N[C@@H]1CCC[C@@H]12. The number of amides is 1. The van der Waals surface area contributed by atoms with Crippen molar-refractivity contribution < 1.29 is 4.79 Å². The number of hydrogen-bond donors (Lipinski definition) is 0. The molecule has 3 aliphatic rings. The van der Waals surface area contributed by atoms with Crippen molar-refractivity contribution in [1.82, 2.24) is 14.5 Å². The first-order valence-electron chi connectivity index (χ1n) is 10.5. The third-order valence-electron chi connectivity index (χ3n) is 6.51. The minimum absolute atomic E-state index is 0.0317. The summed E-state index contributed by atoms with van der Waals surface area (Å²) in [7, 11) is 1.84. The molecule has 0 radical (unpaired) electrons. The lowest BCUT2D eigenvalue weighted by molar-refractivity contribution is 0.0865. The number of benzene rings is 1. The van der Waals surface area contributed by atoms with Crippen LogP contribution in [0.1, 0.15) is 35.2 Å². The number of carbonyl (C=O) groups is 1. The molecule has 0 saturated heterocycles. The molecule has 2 aromatic heterocycles. The average molecular weight is 397 g/mol. The van der Waals surface area contributed by atoms with Crippen molar-refractivity contribution in [2.24, 2.45) is 4.99 Å². The van der Waals surface area contributed by atoms with E-state index in [0.717, 1.165) is 47.9 Å². The second-order valence-electron chi connectivity index (χ2n) is 8.37. The minimum atomic E-state index is 0.0317. The fourth-order valence-electron chi connectivity index (χ4n) is 5.01. The highest BCUT2D eigenvalue weighted by molar-refractivity contribution is 6.19. The molecule has 0 bridgehead atoms. The van der Waals surface area contributed by atoms with E-state index in [1.807, 2.05) is 37.6 Å². The highest BCUT2D eigenvalue weighted by Gasteiger charge is 2.47. The highest BCUT2D eigenvalue weighted by atomic mass is 16.2. The lowest BCUT2D eigenvalue weighted by Gasteiger charge is -2.35. The Hall–Kier alpha value is -3.41. The summed E-state index contributed by atoms with van der Waals surface area (Å²) in [6.45, 7) is 0.723. The molecule has 150 valence electrons. The summed E-state index contributed by atoms with van der Waals surface area (Å²) in [5.41, 5.74) is 5.05. The molecule has 30 heavy (non-hydrogen) atoms. The fourth-order valence-corrected chi connectivity index (χ4v) is 5.01. The summed E-state index contributed by atoms with van der Waals surface area (Å²) in [5, 5.41) is 0. The molecule has 3 aromatic rings. The summed E-state index contributed by atoms with van der Waals surface area (Å²) >= 11 is 0. The van der Waals surface area contributed by atoms with Crippen LogP contribution in [0.25, 0.3) is 11.3 Å². The second kappa shape index (κ2) is 6.55. The molecule has 4 heterocycles. The number of hydrogen-bond acceptors (Lipinski definition) is 4. The van der Waals surface area contributed by atoms with Crippen molar-refractivity contribution >= 4 is 17.6 Å². The van der Waals surface area contributed by atoms with Crippen LogP contribution in [0.3, 0.4) is 0 Å². The largest absolute Gasteiger partial charge is 0.347 e. The molecule has 0 spiro atoms. The average Bonchev–Trinajstić information content (AvgIpc) is 3.48. The quantitative estimate of drug-likeness (QED) is 0.676. The molecule has 1 fully saturated rings. The summed E-state index contributed by atoms with van der Waals surface area (Å²) in [6, 6.07) is 15.1. The zero-order chi connectivity index (χ0) is 20.2. The maximum Gasteiger partial charge on any atom is 0.263 e. The van der Waals surface area contributed by atoms with Gasteiger partial charge in [0.05, 0.1) is 29.0 Å². The van der Waals surface area contributed by atoms with E-state index < -0.39 is 0 Å². The van der Waals surface area contributed by atoms with Crippen LogP contribution in [0.15, 0.2) is 66.0 Å². The van der Waals surface area contributed by atoms with Crippen LogP contribution < -0.4 is 4.90 Å². The Morgan fingerprint density at radius 3 is 2.73 bits per heavy atom. The Balaban J connectivity index is 1.30. The molecule has 1 saturated carbocycles. The minimum Gasteiger partial charge on any atom is -0.347 e. The van der Waals surface area contributed by atoms with Gasteiger partial charge in [0.1, 0.15) is 0 Å². The van der Waals surface area contributed by atoms with Gasteiger partial charge in [0.25, 0.3) is 5.91 Å². The number of carbonyl (C=O) groups excluding carboxylic acids is 1. The van der Waals surface area contributed by atoms with Gasteiger partial charge < -0.3 is 9.47 Å². The number of fused-ring (bicyclic) bond motifs is 5. The molecule has 2 atom stereocenters. The first-order chi connectivity index (χ1) is 14.7. The van der Waals surface area contributed by atoms with Crippen LogP contribution in [-0.4, -0.2) is 45.4 Å². The molecule has 6 heteroatoms. The molecule has 1 amide bonds. The zero-order valence-corrected chi connectivity index (χ0v) is 16.9. The third-order valence-corrected chi connectivity index (χ3v) is 6.51. The van der Waals surface area contributed by atoms with Gasteiger partial charge in [-0.1, -0.05) is 30.3 Å². The number of rotatable bonds is 3. The van der Waals surface area contributed by atoms with Gasteiger partial charge in [-0.25, -0.2) is 4.99 Å². The van der Waals surface area contributed by atoms with Crippen LogP contribution in [0.5, 0.6) is 0 Å². The van der Waals surface area contributed by atoms with Gasteiger partial charge >= 0.3 is 0 Å². The Labute approximate surface area is 175 Å². The number of guanidine groups is 1. The Bertz CT molecular complexity index is 1150. The van der Waals surface area contributed by atoms with Crippen molar-refractivity contribution in [3.05, 3.63) is 72.2 Å². The lowest BCUT2D eigenvalue weighted by Crippen LogP contribution is -2.50. The van der Waals surface area contributed by atoms with Gasteiger partial charge in [0, 0.05) is 37.7 Å². The Morgan fingerprint density at radius 2 is 1.93 bits per heavy atom. The predicted octanol–water partition coefficient (Wildman–Crippen LogP) is 3.78. The van der Waals surface area contributed by atoms with E-state index in [1.165, 1.54) is 12.0 Å². The van der Waals surface area contributed by atoms with E-state index in [0.29, 0.717) is 12.1 Å². The van der Waals surface area contributed by atoms with E-state index in [9.17, 15) is 4.79 Å². The topological polar surface area (TPSA) is 53.7 Å².